The van der Waals surface area contributed by atoms with Crippen molar-refractivity contribution in [1.82, 2.24) is 10.6 Å². The summed E-state index contributed by atoms with van der Waals surface area (Å²) in [6, 6.07) is 27.4. The fraction of sp³-hybridized carbons (Fsp3) is 0.259. The SMILES string of the molecule is O=C(CCC1(Cc2ccc(Cl)cc2)CCC(=O)N1)NC(c1ccccc1)c1ccccc1. The van der Waals surface area contributed by atoms with Gasteiger partial charge in [0, 0.05) is 23.4 Å². The number of carbonyl (C=O) groups is 2. The predicted molar refractivity (Wildman–Crippen MR) is 127 cm³/mol. The Morgan fingerprint density at radius 1 is 0.938 bits per heavy atom. The largest absolute Gasteiger partial charge is 0.350 e. The minimum absolute atomic E-state index is 0.0284. The van der Waals surface area contributed by atoms with E-state index in [0.29, 0.717) is 30.7 Å². The standard InChI is InChI=1S/C27H27ClN2O2/c28-23-13-11-20(12-14-23)19-27(18-16-25(32)30-27)17-15-24(31)29-26(21-7-3-1-4-8-21)22-9-5-2-6-10-22/h1-14,26H,15-19H2,(H,29,31)(H,30,32). The minimum atomic E-state index is -0.406. The summed E-state index contributed by atoms with van der Waals surface area (Å²) in [7, 11) is 0. The van der Waals surface area contributed by atoms with Gasteiger partial charge >= 0.3 is 0 Å². The summed E-state index contributed by atoms with van der Waals surface area (Å²) >= 11 is 6.02. The second kappa shape index (κ2) is 10.0. The average Bonchev–Trinajstić information content (AvgIpc) is 3.19. The highest BCUT2D eigenvalue weighted by molar-refractivity contribution is 6.30. The van der Waals surface area contributed by atoms with Crippen LogP contribution >= 0.6 is 11.6 Å². The van der Waals surface area contributed by atoms with E-state index in [1.165, 1.54) is 0 Å². The molecule has 0 saturated carbocycles. The lowest BCUT2D eigenvalue weighted by atomic mass is 9.85. The molecule has 1 heterocycles. The third-order valence-electron chi connectivity index (χ3n) is 6.09. The number of rotatable bonds is 8. The van der Waals surface area contributed by atoms with Crippen LogP contribution in [0.5, 0.6) is 0 Å². The van der Waals surface area contributed by atoms with Gasteiger partial charge in [-0.2, -0.15) is 0 Å². The molecule has 0 spiro atoms. The number of nitrogens with one attached hydrogen (secondary N) is 2. The lowest BCUT2D eigenvalue weighted by Crippen LogP contribution is -2.44. The first-order valence-electron chi connectivity index (χ1n) is 11.0. The summed E-state index contributed by atoms with van der Waals surface area (Å²) < 4.78 is 0. The van der Waals surface area contributed by atoms with Crippen LogP contribution in [0, 0.1) is 0 Å². The van der Waals surface area contributed by atoms with Gasteiger partial charge < -0.3 is 10.6 Å². The van der Waals surface area contributed by atoms with Gasteiger partial charge in [0.15, 0.2) is 0 Å². The molecule has 0 aliphatic carbocycles. The van der Waals surface area contributed by atoms with Gasteiger partial charge in [0.2, 0.25) is 11.8 Å². The first kappa shape index (κ1) is 22.1. The van der Waals surface area contributed by atoms with Gasteiger partial charge in [-0.3, -0.25) is 9.59 Å². The molecule has 3 aromatic carbocycles. The third-order valence-corrected chi connectivity index (χ3v) is 6.34. The molecule has 1 unspecified atom stereocenters. The highest BCUT2D eigenvalue weighted by atomic mass is 35.5. The zero-order chi connectivity index (χ0) is 22.4. The second-order valence-corrected chi connectivity index (χ2v) is 8.89. The highest BCUT2D eigenvalue weighted by Crippen LogP contribution is 2.30. The molecule has 164 valence electrons. The van der Waals surface area contributed by atoms with Crippen molar-refractivity contribution in [2.24, 2.45) is 0 Å². The maximum atomic E-state index is 13.0. The van der Waals surface area contributed by atoms with Gasteiger partial charge in [0.1, 0.15) is 0 Å². The highest BCUT2D eigenvalue weighted by Gasteiger charge is 2.38. The van der Waals surface area contributed by atoms with E-state index >= 15 is 0 Å². The maximum absolute atomic E-state index is 13.0. The third kappa shape index (κ3) is 5.57. The number of hydrogen-bond acceptors (Lipinski definition) is 2. The van der Waals surface area contributed by atoms with Crippen LogP contribution < -0.4 is 10.6 Å². The van der Waals surface area contributed by atoms with E-state index in [2.05, 4.69) is 10.6 Å². The molecule has 4 nitrogen and oxygen atoms in total. The molecule has 2 N–H and O–H groups in total. The van der Waals surface area contributed by atoms with Crippen LogP contribution in [0.3, 0.4) is 0 Å². The summed E-state index contributed by atoms with van der Waals surface area (Å²) in [5.41, 5.74) is 2.77. The molecule has 1 fully saturated rings. The van der Waals surface area contributed by atoms with Crippen LogP contribution in [0.25, 0.3) is 0 Å². The first-order chi connectivity index (χ1) is 15.5. The zero-order valence-electron chi connectivity index (χ0n) is 17.9. The van der Waals surface area contributed by atoms with E-state index in [4.69, 9.17) is 11.6 Å². The van der Waals surface area contributed by atoms with Crippen LogP contribution in [0.2, 0.25) is 5.02 Å². The van der Waals surface area contributed by atoms with Gasteiger partial charge in [-0.05, 0) is 48.1 Å². The molecule has 1 aliphatic rings. The summed E-state index contributed by atoms with van der Waals surface area (Å²) in [4.78, 5) is 25.1. The summed E-state index contributed by atoms with van der Waals surface area (Å²) in [6.45, 7) is 0. The Morgan fingerprint density at radius 2 is 1.53 bits per heavy atom. The lowest BCUT2D eigenvalue weighted by Gasteiger charge is -2.30. The molecule has 1 aliphatic heterocycles. The molecular formula is C27H27ClN2O2. The normalized spacial score (nSPS) is 17.9. The molecule has 5 heteroatoms. The summed E-state index contributed by atoms with van der Waals surface area (Å²) in [6.07, 6.45) is 2.83. The molecule has 32 heavy (non-hydrogen) atoms. The number of benzene rings is 3. The Hall–Kier alpha value is -3.11. The molecule has 2 amide bonds. The van der Waals surface area contributed by atoms with Crippen molar-refractivity contribution >= 4 is 23.4 Å². The summed E-state index contributed by atoms with van der Waals surface area (Å²) in [5.74, 6) is 0.0187. The zero-order valence-corrected chi connectivity index (χ0v) is 18.6. The number of carbonyl (C=O) groups excluding carboxylic acids is 2. The summed E-state index contributed by atoms with van der Waals surface area (Å²) in [5, 5.41) is 7.04. The van der Waals surface area contributed by atoms with E-state index in [0.717, 1.165) is 23.1 Å². The minimum Gasteiger partial charge on any atom is -0.350 e. The van der Waals surface area contributed by atoms with Crippen molar-refractivity contribution in [3.63, 3.8) is 0 Å². The first-order valence-corrected chi connectivity index (χ1v) is 11.4. The van der Waals surface area contributed by atoms with E-state index in [9.17, 15) is 9.59 Å². The van der Waals surface area contributed by atoms with E-state index in [1.54, 1.807) is 0 Å². The molecule has 4 rings (SSSR count). The number of hydrogen-bond donors (Lipinski definition) is 2. The predicted octanol–water partition coefficient (Wildman–Crippen LogP) is 5.22. The van der Waals surface area contributed by atoms with Crippen LogP contribution in [0.15, 0.2) is 84.9 Å². The Kier molecular flexibility index (Phi) is 6.91. The molecule has 1 atom stereocenters. The van der Waals surface area contributed by atoms with Gasteiger partial charge in [0.25, 0.3) is 0 Å². The Balaban J connectivity index is 1.46. The monoisotopic (exact) mass is 446 g/mol. The smallest absolute Gasteiger partial charge is 0.220 e. The van der Waals surface area contributed by atoms with Crippen LogP contribution in [-0.4, -0.2) is 17.4 Å². The van der Waals surface area contributed by atoms with Gasteiger partial charge in [-0.25, -0.2) is 0 Å². The molecular weight excluding hydrogens is 420 g/mol. The van der Waals surface area contributed by atoms with Crippen molar-refractivity contribution in [3.05, 3.63) is 107 Å². The Bertz CT molecular complexity index is 1010. The van der Waals surface area contributed by atoms with Crippen LogP contribution in [-0.2, 0) is 16.0 Å². The Morgan fingerprint density at radius 3 is 2.06 bits per heavy atom. The molecule has 1 saturated heterocycles. The van der Waals surface area contributed by atoms with E-state index < -0.39 is 5.54 Å². The van der Waals surface area contributed by atoms with Crippen molar-refractivity contribution in [2.75, 3.05) is 0 Å². The van der Waals surface area contributed by atoms with Gasteiger partial charge in [-0.1, -0.05) is 84.4 Å². The maximum Gasteiger partial charge on any atom is 0.220 e. The second-order valence-electron chi connectivity index (χ2n) is 8.45. The van der Waals surface area contributed by atoms with Crippen molar-refractivity contribution < 1.29 is 9.59 Å². The topological polar surface area (TPSA) is 58.2 Å². The van der Waals surface area contributed by atoms with Gasteiger partial charge in [0.05, 0.1) is 6.04 Å². The number of halogens is 1. The van der Waals surface area contributed by atoms with Crippen molar-refractivity contribution in [3.8, 4) is 0 Å². The molecule has 0 bridgehead atoms. The van der Waals surface area contributed by atoms with Crippen molar-refractivity contribution in [1.29, 1.82) is 0 Å². The quantitative estimate of drug-likeness (QED) is 0.498. The fourth-order valence-electron chi connectivity index (χ4n) is 4.41. The fourth-order valence-corrected chi connectivity index (χ4v) is 4.54. The lowest BCUT2D eigenvalue weighted by molar-refractivity contribution is -0.123. The number of amides is 2. The van der Waals surface area contributed by atoms with Crippen LogP contribution in [0.4, 0.5) is 0 Å². The van der Waals surface area contributed by atoms with Gasteiger partial charge in [-0.15, -0.1) is 0 Å². The van der Waals surface area contributed by atoms with Crippen LogP contribution in [0.1, 0.15) is 48.4 Å². The van der Waals surface area contributed by atoms with E-state index in [1.807, 2.05) is 84.9 Å². The molecule has 0 radical (unpaired) electrons. The van der Waals surface area contributed by atoms with E-state index in [-0.39, 0.29) is 17.9 Å². The van der Waals surface area contributed by atoms with Crippen molar-refractivity contribution in [2.45, 2.75) is 43.7 Å². The molecule has 3 aromatic rings. The Labute approximate surface area is 194 Å². The molecule has 0 aromatic heterocycles. The average molecular weight is 447 g/mol.